The minimum absolute atomic E-state index is 0.000768. The zero-order valence-electron chi connectivity index (χ0n) is 13.2. The zero-order valence-corrected chi connectivity index (χ0v) is 14.0. The molecule has 0 amide bonds. The Kier molecular flexibility index (Phi) is 3.36. The van der Waals surface area contributed by atoms with E-state index in [1.807, 2.05) is 6.07 Å². The second-order valence-electron chi connectivity index (χ2n) is 5.40. The van der Waals surface area contributed by atoms with E-state index in [0.717, 1.165) is 9.36 Å². The molecular weight excluding hydrogens is 342 g/mol. The minimum atomic E-state index is -4.03. The van der Waals surface area contributed by atoms with Crippen LogP contribution in [0.5, 0.6) is 5.75 Å². The maximum absolute atomic E-state index is 12.8. The standard InChI is InChI=1S/C17H13N3O4S/c1-24-14-4-6-15(7-5-14)25(22,23)19-10-8-13-11-12-3-2-9-18-16(12)20(13)17(19)21/h2-11H,1H3. The van der Waals surface area contributed by atoms with Crippen molar-refractivity contribution >= 4 is 26.6 Å². The molecule has 0 N–H and O–H groups in total. The summed E-state index contributed by atoms with van der Waals surface area (Å²) in [6.45, 7) is 0. The van der Waals surface area contributed by atoms with E-state index in [4.69, 9.17) is 4.74 Å². The zero-order chi connectivity index (χ0) is 17.6. The summed E-state index contributed by atoms with van der Waals surface area (Å²) in [6.07, 6.45) is 2.82. The molecule has 0 aliphatic heterocycles. The van der Waals surface area contributed by atoms with Gasteiger partial charge in [-0.15, -0.1) is 0 Å². The van der Waals surface area contributed by atoms with Crippen LogP contribution in [0.2, 0.25) is 0 Å². The normalized spacial score (nSPS) is 11.9. The summed E-state index contributed by atoms with van der Waals surface area (Å²) < 4.78 is 32.7. The summed E-state index contributed by atoms with van der Waals surface area (Å²) in [6, 6.07) is 12.8. The molecule has 0 unspecified atom stereocenters. The van der Waals surface area contributed by atoms with Gasteiger partial charge in [0.05, 0.1) is 17.5 Å². The third-order valence-corrected chi connectivity index (χ3v) is 5.63. The highest BCUT2D eigenvalue weighted by Gasteiger charge is 2.20. The third-order valence-electron chi connectivity index (χ3n) is 3.97. The van der Waals surface area contributed by atoms with Crippen LogP contribution in [-0.2, 0) is 10.0 Å². The lowest BCUT2D eigenvalue weighted by Gasteiger charge is -2.09. The lowest BCUT2D eigenvalue weighted by molar-refractivity contribution is 0.414. The smallest absolute Gasteiger partial charge is 0.348 e. The molecule has 4 aromatic rings. The van der Waals surface area contributed by atoms with E-state index in [9.17, 15) is 13.2 Å². The summed E-state index contributed by atoms with van der Waals surface area (Å²) in [4.78, 5) is 17.0. The monoisotopic (exact) mass is 355 g/mol. The number of ether oxygens (including phenoxy) is 1. The van der Waals surface area contributed by atoms with Crippen molar-refractivity contribution in [3.05, 3.63) is 71.4 Å². The van der Waals surface area contributed by atoms with Gasteiger partial charge >= 0.3 is 5.69 Å². The van der Waals surface area contributed by atoms with Crippen molar-refractivity contribution in [2.24, 2.45) is 0 Å². The van der Waals surface area contributed by atoms with Gasteiger partial charge in [0, 0.05) is 17.8 Å². The molecule has 3 aromatic heterocycles. The molecule has 0 fully saturated rings. The Morgan fingerprint density at radius 1 is 1.08 bits per heavy atom. The fourth-order valence-corrected chi connectivity index (χ4v) is 3.94. The van der Waals surface area contributed by atoms with Crippen molar-refractivity contribution in [1.82, 2.24) is 13.4 Å². The molecule has 25 heavy (non-hydrogen) atoms. The molecule has 0 atom stereocenters. The second-order valence-corrected chi connectivity index (χ2v) is 7.21. The Labute approximate surface area is 142 Å². The lowest BCUT2D eigenvalue weighted by atomic mass is 10.3. The summed E-state index contributed by atoms with van der Waals surface area (Å²) >= 11 is 0. The van der Waals surface area contributed by atoms with Crippen molar-refractivity contribution in [3.8, 4) is 5.75 Å². The number of aromatic nitrogens is 3. The Morgan fingerprint density at radius 2 is 1.84 bits per heavy atom. The minimum Gasteiger partial charge on any atom is -0.497 e. The summed E-state index contributed by atoms with van der Waals surface area (Å²) in [7, 11) is -2.54. The quantitative estimate of drug-likeness (QED) is 0.560. The topological polar surface area (TPSA) is 82.7 Å². The summed E-state index contributed by atoms with van der Waals surface area (Å²) in [5.74, 6) is 0.530. The van der Waals surface area contributed by atoms with Gasteiger partial charge in [-0.1, -0.05) is 0 Å². The molecule has 0 saturated heterocycles. The molecule has 7 nitrogen and oxygen atoms in total. The first kappa shape index (κ1) is 15.4. The predicted octanol–water partition coefficient (Wildman–Crippen LogP) is 1.89. The molecule has 1 aromatic carbocycles. The van der Waals surface area contributed by atoms with Crippen molar-refractivity contribution in [3.63, 3.8) is 0 Å². The van der Waals surface area contributed by atoms with Gasteiger partial charge in [-0.25, -0.2) is 22.6 Å². The lowest BCUT2D eigenvalue weighted by Crippen LogP contribution is -2.31. The Morgan fingerprint density at radius 3 is 2.56 bits per heavy atom. The number of hydrogen-bond acceptors (Lipinski definition) is 5. The van der Waals surface area contributed by atoms with Crippen LogP contribution >= 0.6 is 0 Å². The maximum Gasteiger partial charge on any atom is 0.348 e. The van der Waals surface area contributed by atoms with Crippen LogP contribution in [0.3, 0.4) is 0 Å². The Balaban J connectivity index is 1.98. The van der Waals surface area contributed by atoms with E-state index >= 15 is 0 Å². The van der Waals surface area contributed by atoms with Gasteiger partial charge < -0.3 is 4.74 Å². The fourth-order valence-electron chi connectivity index (χ4n) is 2.73. The van der Waals surface area contributed by atoms with Crippen LogP contribution < -0.4 is 10.4 Å². The van der Waals surface area contributed by atoms with Gasteiger partial charge in [-0.05, 0) is 48.5 Å². The number of nitrogens with zero attached hydrogens (tertiary/aromatic N) is 3. The van der Waals surface area contributed by atoms with Gasteiger partial charge in [-0.3, -0.25) is 0 Å². The van der Waals surface area contributed by atoms with Crippen LogP contribution in [0.25, 0.3) is 16.6 Å². The van der Waals surface area contributed by atoms with Gasteiger partial charge in [0.25, 0.3) is 10.0 Å². The van der Waals surface area contributed by atoms with Crippen molar-refractivity contribution in [2.75, 3.05) is 7.11 Å². The van der Waals surface area contributed by atoms with E-state index < -0.39 is 15.7 Å². The molecule has 8 heteroatoms. The molecule has 0 saturated carbocycles. The average Bonchev–Trinajstić information content (AvgIpc) is 3.01. The molecule has 126 valence electrons. The Bertz CT molecular complexity index is 1250. The molecule has 0 aliphatic rings. The Hall–Kier alpha value is -3.13. The average molecular weight is 355 g/mol. The summed E-state index contributed by atoms with van der Waals surface area (Å²) in [5.41, 5.74) is 0.309. The van der Waals surface area contributed by atoms with E-state index in [1.165, 1.54) is 42.0 Å². The van der Waals surface area contributed by atoms with Crippen molar-refractivity contribution in [2.45, 2.75) is 4.90 Å². The molecule has 0 spiro atoms. The third kappa shape index (κ3) is 2.30. The van der Waals surface area contributed by atoms with Gasteiger partial charge in [0.15, 0.2) is 0 Å². The van der Waals surface area contributed by atoms with Crippen LogP contribution in [-0.4, -0.2) is 28.9 Å². The first-order valence-corrected chi connectivity index (χ1v) is 8.84. The number of pyridine rings is 1. The van der Waals surface area contributed by atoms with Crippen LogP contribution in [0, 0.1) is 0 Å². The van der Waals surface area contributed by atoms with Gasteiger partial charge in [0.1, 0.15) is 11.4 Å². The molecule has 0 bridgehead atoms. The number of rotatable bonds is 3. The molecular formula is C17H13N3O4S. The molecule has 4 rings (SSSR count). The van der Waals surface area contributed by atoms with Gasteiger partial charge in [-0.2, -0.15) is 3.97 Å². The highest BCUT2D eigenvalue weighted by molar-refractivity contribution is 7.90. The van der Waals surface area contributed by atoms with Crippen LogP contribution in [0.15, 0.2) is 70.6 Å². The van der Waals surface area contributed by atoms with E-state index in [0.29, 0.717) is 16.9 Å². The predicted molar refractivity (Wildman–Crippen MR) is 92.5 cm³/mol. The SMILES string of the molecule is COc1ccc(S(=O)(=O)n2ccc3cc4cccnc4n3c2=O)cc1. The van der Waals surface area contributed by atoms with Gasteiger partial charge in [0.2, 0.25) is 0 Å². The van der Waals surface area contributed by atoms with E-state index in [1.54, 1.807) is 24.4 Å². The number of fused-ring (bicyclic) bond motifs is 3. The maximum atomic E-state index is 12.8. The van der Waals surface area contributed by atoms with Crippen molar-refractivity contribution < 1.29 is 13.2 Å². The summed E-state index contributed by atoms with van der Waals surface area (Å²) in [5, 5.41) is 0.763. The number of hydrogen-bond donors (Lipinski definition) is 0. The largest absolute Gasteiger partial charge is 0.497 e. The van der Waals surface area contributed by atoms with Crippen molar-refractivity contribution in [1.29, 1.82) is 0 Å². The van der Waals surface area contributed by atoms with E-state index in [-0.39, 0.29) is 4.90 Å². The first-order valence-electron chi connectivity index (χ1n) is 7.40. The van der Waals surface area contributed by atoms with E-state index in [2.05, 4.69) is 4.98 Å². The molecule has 0 aliphatic carbocycles. The van der Waals surface area contributed by atoms with Crippen LogP contribution in [0.4, 0.5) is 0 Å². The molecule has 0 radical (unpaired) electrons. The number of methoxy groups -OCH3 is 1. The van der Waals surface area contributed by atoms with Crippen LogP contribution in [0.1, 0.15) is 0 Å². The fraction of sp³-hybridized carbons (Fsp3) is 0.0588. The highest BCUT2D eigenvalue weighted by atomic mass is 32.2. The first-order chi connectivity index (χ1) is 12.0. The highest BCUT2D eigenvalue weighted by Crippen LogP contribution is 2.19. The number of benzene rings is 1. The second kappa shape index (κ2) is 5.45. The molecule has 3 heterocycles.